The Morgan fingerprint density at radius 3 is 2.67 bits per heavy atom. The van der Waals surface area contributed by atoms with Gasteiger partial charge in [-0.3, -0.25) is 0 Å². The van der Waals surface area contributed by atoms with E-state index in [9.17, 15) is 0 Å². The first-order chi connectivity index (χ1) is 4.33. The standard InChI is InChI=1S/C7H6Cl.Li/c1-6-3-2-4-7(8)5-6;/h2-5H,1H2;. The van der Waals surface area contributed by atoms with Crippen molar-refractivity contribution in [2.24, 2.45) is 0 Å². The molecule has 0 nitrogen and oxygen atoms in total. The molecule has 0 unspecified atom stereocenters. The van der Waals surface area contributed by atoms with Crippen molar-refractivity contribution in [3.05, 3.63) is 34.9 Å². The molecule has 1 rings (SSSR count). The van der Waals surface area contributed by atoms with Crippen LogP contribution in [0.3, 0.4) is 0 Å². The van der Waals surface area contributed by atoms with Crippen LogP contribution >= 0.6 is 11.6 Å². The zero-order chi connectivity index (χ0) is 6.69. The van der Waals surface area contributed by atoms with E-state index in [1.165, 1.54) is 5.56 Å². The van der Waals surface area contributed by atoms with E-state index >= 15 is 0 Å². The van der Waals surface area contributed by atoms with Crippen LogP contribution in [0.1, 0.15) is 5.56 Å². The van der Waals surface area contributed by atoms with Gasteiger partial charge in [-0.2, -0.15) is 0 Å². The normalized spacial score (nSPS) is 9.67. The Bertz CT molecular complexity index is 198. The summed E-state index contributed by atoms with van der Waals surface area (Å²) in [5.74, 6) is 0. The van der Waals surface area contributed by atoms with Crippen LogP contribution in [0.25, 0.3) is 0 Å². The third-order valence-electron chi connectivity index (χ3n) is 1.30. The van der Waals surface area contributed by atoms with Crippen molar-refractivity contribution in [3.8, 4) is 0 Å². The molecule has 0 heterocycles. The molecule has 0 aliphatic carbocycles. The second-order valence-electron chi connectivity index (χ2n) is 1.98. The van der Waals surface area contributed by atoms with E-state index in [0.29, 0.717) is 0 Å². The third kappa shape index (κ3) is 2.06. The van der Waals surface area contributed by atoms with Crippen LogP contribution in [0.5, 0.6) is 0 Å². The van der Waals surface area contributed by atoms with E-state index in [0.717, 1.165) is 10.1 Å². The van der Waals surface area contributed by atoms with Crippen LogP contribution in [0.2, 0.25) is 5.02 Å². The molecule has 0 fully saturated rings. The second-order valence-corrected chi connectivity index (χ2v) is 2.42. The average Bonchev–Trinajstić information content (AvgIpc) is 1.88. The van der Waals surface area contributed by atoms with E-state index in [4.69, 9.17) is 11.6 Å². The molecule has 2 heteroatoms. The summed E-state index contributed by atoms with van der Waals surface area (Å²) in [5.41, 5.74) is 1.29. The van der Waals surface area contributed by atoms with Crippen molar-refractivity contribution >= 4 is 29.3 Å². The Balaban J connectivity index is 2.94. The fourth-order valence-corrected chi connectivity index (χ4v) is 0.970. The van der Waals surface area contributed by atoms with Gasteiger partial charge in [-0.25, -0.2) is 0 Å². The fraction of sp³-hybridized carbons (Fsp3) is 0.143. The van der Waals surface area contributed by atoms with E-state index in [-0.39, 0.29) is 0 Å². The fourth-order valence-electron chi connectivity index (χ4n) is 0.757. The van der Waals surface area contributed by atoms with Crippen LogP contribution in [-0.4, -0.2) is 17.7 Å². The SMILES string of the molecule is [Li][CH2]c1cccc(Cl)c1. The topological polar surface area (TPSA) is 0 Å². The molecule has 0 spiro atoms. The first kappa shape index (κ1) is 7.22. The molecule has 0 saturated carbocycles. The zero-order valence-corrected chi connectivity index (χ0v) is 6.15. The molecule has 0 atom stereocenters. The second kappa shape index (κ2) is 3.32. The van der Waals surface area contributed by atoms with Crippen LogP contribution < -0.4 is 0 Å². The van der Waals surface area contributed by atoms with Gasteiger partial charge >= 0.3 is 69.3 Å². The average molecular weight is 133 g/mol. The van der Waals surface area contributed by atoms with Gasteiger partial charge in [-0.1, -0.05) is 0 Å². The van der Waals surface area contributed by atoms with Gasteiger partial charge in [0, 0.05) is 0 Å². The Kier molecular flexibility index (Phi) is 2.66. The van der Waals surface area contributed by atoms with Crippen LogP contribution in [-0.2, 0) is 5.09 Å². The number of hydrogen-bond donors (Lipinski definition) is 0. The molecule has 1 aromatic carbocycles. The van der Waals surface area contributed by atoms with E-state index in [1.807, 2.05) is 18.2 Å². The molecule has 0 bridgehead atoms. The molecular formula is C7H6ClLi. The molecule has 0 aliphatic rings. The maximum atomic E-state index is 5.72. The molecule has 42 valence electrons. The van der Waals surface area contributed by atoms with Crippen molar-refractivity contribution in [3.63, 3.8) is 0 Å². The Hall–Kier alpha value is 0.107. The van der Waals surface area contributed by atoms with E-state index < -0.39 is 0 Å². The summed E-state index contributed by atoms with van der Waals surface area (Å²) in [4.78, 5) is 0. The van der Waals surface area contributed by atoms with Gasteiger partial charge in [0.05, 0.1) is 0 Å². The molecule has 0 amide bonds. The third-order valence-corrected chi connectivity index (χ3v) is 1.53. The van der Waals surface area contributed by atoms with Crippen LogP contribution in [0.4, 0.5) is 0 Å². The summed E-state index contributed by atoms with van der Waals surface area (Å²) < 4.78 is 0. The molecule has 0 aromatic heterocycles. The van der Waals surface area contributed by atoms with Gasteiger partial charge in [0.25, 0.3) is 0 Å². The van der Waals surface area contributed by atoms with Crippen molar-refractivity contribution < 1.29 is 0 Å². The molecular weight excluding hydrogens is 126 g/mol. The molecule has 0 N–H and O–H groups in total. The van der Waals surface area contributed by atoms with Crippen LogP contribution in [0, 0.1) is 0 Å². The summed E-state index contributed by atoms with van der Waals surface area (Å²) in [6, 6.07) is 7.93. The zero-order valence-electron chi connectivity index (χ0n) is 5.39. The number of rotatable bonds is 1. The molecule has 1 aromatic rings. The molecule has 0 radical (unpaired) electrons. The Labute approximate surface area is 69.4 Å². The summed E-state index contributed by atoms with van der Waals surface area (Å²) in [5, 5.41) is 1.88. The Morgan fingerprint density at radius 2 is 2.22 bits per heavy atom. The van der Waals surface area contributed by atoms with Crippen molar-refractivity contribution in [1.82, 2.24) is 0 Å². The van der Waals surface area contributed by atoms with E-state index in [1.54, 1.807) is 0 Å². The monoisotopic (exact) mass is 132 g/mol. The maximum absolute atomic E-state index is 5.72. The Morgan fingerprint density at radius 1 is 1.44 bits per heavy atom. The predicted molar refractivity (Wildman–Crippen MR) is 40.9 cm³/mol. The first-order valence-corrected chi connectivity index (χ1v) is 3.45. The van der Waals surface area contributed by atoms with E-state index in [2.05, 4.69) is 23.8 Å². The first-order valence-electron chi connectivity index (χ1n) is 3.07. The van der Waals surface area contributed by atoms with Gasteiger partial charge in [0.2, 0.25) is 0 Å². The van der Waals surface area contributed by atoms with Crippen molar-refractivity contribution in [1.29, 1.82) is 0 Å². The van der Waals surface area contributed by atoms with Crippen molar-refractivity contribution in [2.45, 2.75) is 5.09 Å². The summed E-state index contributed by atoms with van der Waals surface area (Å²) in [6.45, 7) is 0. The summed E-state index contributed by atoms with van der Waals surface area (Å²) >= 11 is 7.84. The minimum absolute atomic E-state index is 0.828. The molecule has 9 heavy (non-hydrogen) atoms. The van der Waals surface area contributed by atoms with Crippen LogP contribution in [0.15, 0.2) is 24.3 Å². The van der Waals surface area contributed by atoms with Crippen molar-refractivity contribution in [2.75, 3.05) is 0 Å². The van der Waals surface area contributed by atoms with Gasteiger partial charge in [0.15, 0.2) is 0 Å². The quantitative estimate of drug-likeness (QED) is 0.513. The van der Waals surface area contributed by atoms with Gasteiger partial charge < -0.3 is 0 Å². The number of halogens is 1. The molecule has 0 aliphatic heterocycles. The van der Waals surface area contributed by atoms with Gasteiger partial charge in [0.1, 0.15) is 0 Å². The number of benzene rings is 1. The summed E-state index contributed by atoms with van der Waals surface area (Å²) in [6.07, 6.45) is 0. The summed E-state index contributed by atoms with van der Waals surface area (Å²) in [7, 11) is 0. The van der Waals surface area contributed by atoms with Gasteiger partial charge in [-0.15, -0.1) is 0 Å². The minimum atomic E-state index is 0.828. The molecule has 0 saturated heterocycles. The number of hydrogen-bond acceptors (Lipinski definition) is 0. The van der Waals surface area contributed by atoms with Gasteiger partial charge in [-0.05, 0) is 0 Å². The predicted octanol–water partition coefficient (Wildman–Crippen LogP) is 2.01.